The lowest BCUT2D eigenvalue weighted by atomic mass is 10.0. The fourth-order valence-electron chi connectivity index (χ4n) is 3.10. The van der Waals surface area contributed by atoms with Crippen LogP contribution in [0.3, 0.4) is 0 Å². The smallest absolute Gasteiger partial charge is 0.232 e. The van der Waals surface area contributed by atoms with Gasteiger partial charge in [0.25, 0.3) is 0 Å². The van der Waals surface area contributed by atoms with Gasteiger partial charge in [-0.3, -0.25) is 4.79 Å². The van der Waals surface area contributed by atoms with Crippen molar-refractivity contribution in [2.45, 2.75) is 13.5 Å². The first-order valence-corrected chi connectivity index (χ1v) is 9.58. The SMILES string of the molecule is Cc1cc(OCc2ccccc2F)cc2c1C(=O)/C(=C/c1ccc(Cl)cc1Cl)O2. The third-order valence-corrected chi connectivity index (χ3v) is 5.11. The lowest BCUT2D eigenvalue weighted by Gasteiger charge is -2.09. The molecular formula is C23H15Cl2FO3. The number of halogens is 3. The van der Waals surface area contributed by atoms with E-state index in [9.17, 15) is 9.18 Å². The molecule has 0 aromatic heterocycles. The first-order chi connectivity index (χ1) is 13.9. The van der Waals surface area contributed by atoms with Crippen molar-refractivity contribution in [3.05, 3.63) is 98.5 Å². The van der Waals surface area contributed by atoms with E-state index in [2.05, 4.69) is 0 Å². The van der Waals surface area contributed by atoms with Crippen LogP contribution in [-0.2, 0) is 6.61 Å². The number of benzene rings is 3. The van der Waals surface area contributed by atoms with E-state index in [1.54, 1.807) is 61.5 Å². The van der Waals surface area contributed by atoms with Gasteiger partial charge in [0.2, 0.25) is 5.78 Å². The maximum absolute atomic E-state index is 13.8. The van der Waals surface area contributed by atoms with Crippen molar-refractivity contribution in [3.63, 3.8) is 0 Å². The van der Waals surface area contributed by atoms with E-state index in [4.69, 9.17) is 32.7 Å². The lowest BCUT2D eigenvalue weighted by molar-refractivity contribution is 0.101. The van der Waals surface area contributed by atoms with Crippen molar-refractivity contribution in [1.82, 2.24) is 0 Å². The van der Waals surface area contributed by atoms with Crippen molar-refractivity contribution in [2.24, 2.45) is 0 Å². The van der Waals surface area contributed by atoms with E-state index in [0.717, 1.165) is 0 Å². The summed E-state index contributed by atoms with van der Waals surface area (Å²) in [4.78, 5) is 12.8. The van der Waals surface area contributed by atoms with E-state index in [1.165, 1.54) is 6.07 Å². The van der Waals surface area contributed by atoms with Gasteiger partial charge in [0.15, 0.2) is 5.76 Å². The van der Waals surface area contributed by atoms with Gasteiger partial charge < -0.3 is 9.47 Å². The van der Waals surface area contributed by atoms with Gasteiger partial charge in [-0.15, -0.1) is 0 Å². The molecule has 0 unspecified atom stereocenters. The molecule has 0 amide bonds. The number of allylic oxidation sites excluding steroid dienone is 1. The highest BCUT2D eigenvalue weighted by molar-refractivity contribution is 6.35. The minimum Gasteiger partial charge on any atom is -0.489 e. The molecule has 0 atom stereocenters. The zero-order chi connectivity index (χ0) is 20.5. The van der Waals surface area contributed by atoms with Crippen LogP contribution in [0.2, 0.25) is 10.0 Å². The summed E-state index contributed by atoms with van der Waals surface area (Å²) in [5, 5.41) is 0.926. The van der Waals surface area contributed by atoms with E-state index < -0.39 is 0 Å². The highest BCUT2D eigenvalue weighted by Crippen LogP contribution is 2.38. The van der Waals surface area contributed by atoms with Crippen molar-refractivity contribution in [2.75, 3.05) is 0 Å². The van der Waals surface area contributed by atoms with Crippen molar-refractivity contribution in [3.8, 4) is 11.5 Å². The summed E-state index contributed by atoms with van der Waals surface area (Å²) in [5.74, 6) is 0.488. The van der Waals surface area contributed by atoms with Crippen LogP contribution in [0.25, 0.3) is 6.08 Å². The summed E-state index contributed by atoms with van der Waals surface area (Å²) < 4.78 is 25.3. The Hall–Kier alpha value is -2.82. The largest absolute Gasteiger partial charge is 0.489 e. The predicted octanol–water partition coefficient (Wildman–Crippen LogP) is 6.64. The minimum atomic E-state index is -0.332. The number of hydrogen-bond acceptors (Lipinski definition) is 3. The molecule has 1 aliphatic rings. The maximum atomic E-state index is 13.8. The number of carbonyl (C=O) groups is 1. The van der Waals surface area contributed by atoms with Crippen LogP contribution in [0.1, 0.15) is 27.0 Å². The van der Waals surface area contributed by atoms with Gasteiger partial charge >= 0.3 is 0 Å². The molecule has 1 aliphatic heterocycles. The maximum Gasteiger partial charge on any atom is 0.232 e. The van der Waals surface area contributed by atoms with Crippen molar-refractivity contribution < 1.29 is 18.7 Å². The zero-order valence-electron chi connectivity index (χ0n) is 15.3. The highest BCUT2D eigenvalue weighted by Gasteiger charge is 2.30. The number of aryl methyl sites for hydroxylation is 1. The van der Waals surface area contributed by atoms with Crippen LogP contribution >= 0.6 is 23.2 Å². The molecule has 3 aromatic rings. The summed E-state index contributed by atoms with van der Waals surface area (Å²) in [7, 11) is 0. The molecule has 3 nitrogen and oxygen atoms in total. The molecular weight excluding hydrogens is 414 g/mol. The van der Waals surface area contributed by atoms with Gasteiger partial charge in [0.1, 0.15) is 23.9 Å². The number of hydrogen-bond donors (Lipinski definition) is 0. The molecule has 0 N–H and O–H groups in total. The number of fused-ring (bicyclic) bond motifs is 1. The molecule has 0 aliphatic carbocycles. The predicted molar refractivity (Wildman–Crippen MR) is 111 cm³/mol. The summed E-state index contributed by atoms with van der Waals surface area (Å²) >= 11 is 12.1. The van der Waals surface area contributed by atoms with E-state index in [1.807, 2.05) is 0 Å². The average molecular weight is 429 g/mol. The molecule has 3 aromatic carbocycles. The monoisotopic (exact) mass is 428 g/mol. The number of ketones is 1. The molecule has 0 saturated carbocycles. The highest BCUT2D eigenvalue weighted by atomic mass is 35.5. The third kappa shape index (κ3) is 4.00. The number of Topliss-reactive ketones (excluding diaryl/α,β-unsaturated/α-hetero) is 1. The Labute approximate surface area is 177 Å². The summed E-state index contributed by atoms with van der Waals surface area (Å²) in [6.45, 7) is 1.87. The van der Waals surface area contributed by atoms with Crippen LogP contribution in [0, 0.1) is 12.7 Å². The Bertz CT molecular complexity index is 1150. The third-order valence-electron chi connectivity index (χ3n) is 4.54. The Morgan fingerprint density at radius 1 is 1.10 bits per heavy atom. The van der Waals surface area contributed by atoms with Crippen LogP contribution in [0.4, 0.5) is 4.39 Å². The summed E-state index contributed by atoms with van der Waals surface area (Å²) in [5.41, 5.74) is 2.25. The molecule has 1 heterocycles. The molecule has 0 saturated heterocycles. The average Bonchev–Trinajstić information content (AvgIpc) is 2.99. The van der Waals surface area contributed by atoms with Gasteiger partial charge in [0.05, 0.1) is 5.56 Å². The minimum absolute atomic E-state index is 0.0714. The van der Waals surface area contributed by atoms with Crippen LogP contribution in [0.5, 0.6) is 11.5 Å². The molecule has 0 bridgehead atoms. The first-order valence-electron chi connectivity index (χ1n) is 8.82. The fourth-order valence-corrected chi connectivity index (χ4v) is 3.56. The lowest BCUT2D eigenvalue weighted by Crippen LogP contribution is -2.00. The van der Waals surface area contributed by atoms with Gasteiger partial charge in [-0.2, -0.15) is 0 Å². The molecule has 4 rings (SSSR count). The van der Waals surface area contributed by atoms with Gasteiger partial charge in [-0.1, -0.05) is 47.5 Å². The van der Waals surface area contributed by atoms with Crippen molar-refractivity contribution in [1.29, 1.82) is 0 Å². The summed E-state index contributed by atoms with van der Waals surface area (Å²) in [6.07, 6.45) is 1.58. The van der Waals surface area contributed by atoms with Crippen LogP contribution in [-0.4, -0.2) is 5.78 Å². The second kappa shape index (κ2) is 7.90. The van der Waals surface area contributed by atoms with Gasteiger partial charge in [0, 0.05) is 21.7 Å². The molecule has 29 heavy (non-hydrogen) atoms. The Balaban J connectivity index is 1.59. The number of carbonyl (C=O) groups excluding carboxylic acids is 1. The van der Waals surface area contributed by atoms with Crippen molar-refractivity contribution >= 4 is 35.1 Å². The number of rotatable bonds is 4. The molecule has 146 valence electrons. The molecule has 0 spiro atoms. The second-order valence-electron chi connectivity index (χ2n) is 6.60. The van der Waals surface area contributed by atoms with E-state index in [-0.39, 0.29) is 24.0 Å². The Morgan fingerprint density at radius 3 is 2.66 bits per heavy atom. The van der Waals surface area contributed by atoms with Crippen LogP contribution < -0.4 is 9.47 Å². The Kier molecular flexibility index (Phi) is 5.31. The fraction of sp³-hybridized carbons (Fsp3) is 0.0870. The summed E-state index contributed by atoms with van der Waals surface area (Å²) in [6, 6.07) is 14.8. The van der Waals surface area contributed by atoms with Gasteiger partial charge in [-0.05, 0) is 48.4 Å². The van der Waals surface area contributed by atoms with E-state index >= 15 is 0 Å². The zero-order valence-corrected chi connectivity index (χ0v) is 16.9. The first kappa shape index (κ1) is 19.5. The van der Waals surface area contributed by atoms with Crippen LogP contribution in [0.15, 0.2) is 60.4 Å². The quantitative estimate of drug-likeness (QED) is 0.437. The Morgan fingerprint density at radius 2 is 1.90 bits per heavy atom. The molecule has 6 heteroatoms. The topological polar surface area (TPSA) is 35.5 Å². The van der Waals surface area contributed by atoms with Gasteiger partial charge in [-0.25, -0.2) is 4.39 Å². The standard InChI is InChI=1S/C23H15Cl2FO3/c1-13-8-17(28-12-15-4-2-3-5-19(15)26)11-20-22(13)23(27)21(29-20)9-14-6-7-16(24)10-18(14)25/h2-11H,12H2,1H3/b21-9-. The second-order valence-corrected chi connectivity index (χ2v) is 7.44. The van der Waals surface area contributed by atoms with E-state index in [0.29, 0.717) is 43.8 Å². The number of ether oxygens (including phenoxy) is 2. The molecule has 0 radical (unpaired) electrons. The molecule has 0 fully saturated rings. The normalized spacial score (nSPS) is 14.1.